The SMILES string of the molecule is [2H]c1c([2H])c([2H])c(-c2cc(-c3ccc(-c4ccc5c(c4)c4ccccc4n5-c4ccccc4)c4ccccc34)nc(-c3ccccc3)n2)c([2H])c1[2H]. The van der Waals surface area contributed by atoms with Gasteiger partial charge in [-0.15, -0.1) is 0 Å². The third-order valence-corrected chi connectivity index (χ3v) is 8.71. The second-order valence-corrected chi connectivity index (χ2v) is 11.5. The van der Waals surface area contributed by atoms with Crippen LogP contribution in [0.3, 0.4) is 0 Å². The quantitative estimate of drug-likeness (QED) is 0.196. The number of fused-ring (bicyclic) bond motifs is 4. The minimum atomic E-state index is -0.444. The molecule has 2 heterocycles. The smallest absolute Gasteiger partial charge is 0.160 e. The molecular weight excluding hydrogens is 571 g/mol. The number of rotatable bonds is 5. The van der Waals surface area contributed by atoms with Crippen LogP contribution < -0.4 is 0 Å². The van der Waals surface area contributed by atoms with Crippen LogP contribution in [0.5, 0.6) is 0 Å². The van der Waals surface area contributed by atoms with Gasteiger partial charge in [0.2, 0.25) is 0 Å². The number of hydrogen-bond donors (Lipinski definition) is 0. The van der Waals surface area contributed by atoms with Crippen molar-refractivity contribution in [1.82, 2.24) is 14.5 Å². The second-order valence-electron chi connectivity index (χ2n) is 11.5. The van der Waals surface area contributed by atoms with E-state index in [1.165, 1.54) is 5.39 Å². The molecule has 3 heteroatoms. The van der Waals surface area contributed by atoms with E-state index >= 15 is 0 Å². The fourth-order valence-electron chi connectivity index (χ4n) is 6.58. The molecule has 0 radical (unpaired) electrons. The van der Waals surface area contributed by atoms with Gasteiger partial charge in [0.25, 0.3) is 0 Å². The highest BCUT2D eigenvalue weighted by Gasteiger charge is 2.17. The van der Waals surface area contributed by atoms with Crippen LogP contribution in [0.2, 0.25) is 0 Å². The fraction of sp³-hybridized carbons (Fsp3) is 0. The molecule has 3 nitrogen and oxygen atoms in total. The van der Waals surface area contributed by atoms with Crippen molar-refractivity contribution in [2.75, 3.05) is 0 Å². The highest BCUT2D eigenvalue weighted by Crippen LogP contribution is 2.39. The topological polar surface area (TPSA) is 30.7 Å². The molecule has 220 valence electrons. The summed E-state index contributed by atoms with van der Waals surface area (Å²) in [5.74, 6) is 0.397. The van der Waals surface area contributed by atoms with Crippen molar-refractivity contribution in [2.45, 2.75) is 0 Å². The van der Waals surface area contributed by atoms with E-state index in [9.17, 15) is 0 Å². The van der Waals surface area contributed by atoms with Crippen molar-refractivity contribution in [1.29, 1.82) is 0 Å². The van der Waals surface area contributed by atoms with Crippen LogP contribution in [0.15, 0.2) is 176 Å². The Kier molecular flexibility index (Phi) is 5.32. The zero-order chi connectivity index (χ0) is 35.5. The number of nitrogens with zero attached hydrogens (tertiary/aromatic N) is 3. The predicted molar refractivity (Wildman–Crippen MR) is 196 cm³/mol. The molecule has 7 aromatic carbocycles. The molecule has 0 saturated carbocycles. The third kappa shape index (κ3) is 4.68. The van der Waals surface area contributed by atoms with Gasteiger partial charge in [0, 0.05) is 33.2 Å². The summed E-state index contributed by atoms with van der Waals surface area (Å²) in [4.78, 5) is 9.79. The normalized spacial score (nSPS) is 12.9. The number of benzene rings is 7. The summed E-state index contributed by atoms with van der Waals surface area (Å²) in [6.07, 6.45) is 0. The molecule has 0 unspecified atom stereocenters. The maximum Gasteiger partial charge on any atom is 0.160 e. The van der Waals surface area contributed by atoms with Crippen LogP contribution in [0.25, 0.3) is 83.3 Å². The summed E-state index contributed by atoms with van der Waals surface area (Å²) in [7, 11) is 0. The molecule has 47 heavy (non-hydrogen) atoms. The Morgan fingerprint density at radius 1 is 0.426 bits per heavy atom. The molecule has 0 atom stereocenters. The molecule has 0 aliphatic heterocycles. The molecule has 0 N–H and O–H groups in total. The van der Waals surface area contributed by atoms with Crippen LogP contribution in [-0.4, -0.2) is 14.5 Å². The average Bonchev–Trinajstić information content (AvgIpc) is 3.53. The lowest BCUT2D eigenvalue weighted by molar-refractivity contribution is 1.18. The van der Waals surface area contributed by atoms with E-state index in [1.807, 2.05) is 48.5 Å². The average molecular weight is 605 g/mol. The standard InChI is InChI=1S/C44H29N3/c1-4-14-30(15-5-1)40-29-41(46-44(45-40)31-16-6-2-7-17-31)37-26-25-34(35-20-10-11-21-36(35)37)32-24-27-43-39(28-32)38-22-12-13-23-42(38)47(43)33-18-8-3-9-19-33/h1-29H/i1D,4D,5D,14D,15D. The van der Waals surface area contributed by atoms with E-state index in [4.69, 9.17) is 16.8 Å². The molecular formula is C44H29N3. The Morgan fingerprint density at radius 3 is 1.83 bits per heavy atom. The van der Waals surface area contributed by atoms with Gasteiger partial charge in [-0.25, -0.2) is 9.97 Å². The van der Waals surface area contributed by atoms with E-state index in [2.05, 4.69) is 95.6 Å². The van der Waals surface area contributed by atoms with E-state index in [1.54, 1.807) is 6.07 Å². The third-order valence-electron chi connectivity index (χ3n) is 8.71. The van der Waals surface area contributed by atoms with E-state index < -0.39 is 18.1 Å². The Labute approximate surface area is 280 Å². The van der Waals surface area contributed by atoms with Gasteiger partial charge >= 0.3 is 0 Å². The fourth-order valence-corrected chi connectivity index (χ4v) is 6.58. The summed E-state index contributed by atoms with van der Waals surface area (Å²) < 4.78 is 44.5. The largest absolute Gasteiger partial charge is 0.309 e. The van der Waals surface area contributed by atoms with E-state index in [-0.39, 0.29) is 23.3 Å². The van der Waals surface area contributed by atoms with Crippen LogP contribution in [0.1, 0.15) is 6.85 Å². The molecule has 0 saturated heterocycles. The Morgan fingerprint density at radius 2 is 1.04 bits per heavy atom. The molecule has 0 amide bonds. The van der Waals surface area contributed by atoms with Gasteiger partial charge in [0.15, 0.2) is 5.82 Å². The van der Waals surface area contributed by atoms with Crippen molar-refractivity contribution in [3.63, 3.8) is 0 Å². The first-order chi connectivity index (χ1) is 25.4. The van der Waals surface area contributed by atoms with Crippen molar-refractivity contribution in [2.24, 2.45) is 0 Å². The van der Waals surface area contributed by atoms with Crippen molar-refractivity contribution in [3.8, 4) is 50.7 Å². The van der Waals surface area contributed by atoms with Gasteiger partial charge < -0.3 is 4.57 Å². The predicted octanol–water partition coefficient (Wildman–Crippen LogP) is 11.4. The first-order valence-corrected chi connectivity index (χ1v) is 15.5. The molecule has 0 fully saturated rings. The number of aromatic nitrogens is 3. The van der Waals surface area contributed by atoms with Crippen LogP contribution in [-0.2, 0) is 0 Å². The summed E-state index contributed by atoms with van der Waals surface area (Å²) in [5, 5.41) is 4.35. The first kappa shape index (κ1) is 22.2. The summed E-state index contributed by atoms with van der Waals surface area (Å²) in [6.45, 7) is 0. The van der Waals surface area contributed by atoms with E-state index in [0.717, 1.165) is 55.1 Å². The van der Waals surface area contributed by atoms with Crippen molar-refractivity contribution in [3.05, 3.63) is 176 Å². The Bertz CT molecular complexity index is 2820. The Balaban J connectivity index is 1.25. The molecule has 0 spiro atoms. The summed E-state index contributed by atoms with van der Waals surface area (Å²) in [6, 6.07) is 47.3. The van der Waals surface area contributed by atoms with Gasteiger partial charge in [0.05, 0.1) is 29.3 Å². The molecule has 0 bridgehead atoms. The van der Waals surface area contributed by atoms with Crippen molar-refractivity contribution < 1.29 is 6.85 Å². The minimum Gasteiger partial charge on any atom is -0.309 e. The molecule has 0 aliphatic carbocycles. The molecule has 9 aromatic rings. The maximum atomic E-state index is 8.70. The number of hydrogen-bond acceptors (Lipinski definition) is 2. The van der Waals surface area contributed by atoms with Gasteiger partial charge in [0.1, 0.15) is 0 Å². The maximum absolute atomic E-state index is 8.70. The zero-order valence-corrected chi connectivity index (χ0v) is 25.2. The van der Waals surface area contributed by atoms with Crippen LogP contribution in [0.4, 0.5) is 0 Å². The highest BCUT2D eigenvalue weighted by atomic mass is 15.0. The lowest BCUT2D eigenvalue weighted by Crippen LogP contribution is -1.96. The first-order valence-electron chi connectivity index (χ1n) is 18.0. The lowest BCUT2D eigenvalue weighted by Gasteiger charge is -2.14. The highest BCUT2D eigenvalue weighted by molar-refractivity contribution is 6.12. The zero-order valence-electron chi connectivity index (χ0n) is 30.2. The van der Waals surface area contributed by atoms with Gasteiger partial charge in [-0.1, -0.05) is 139 Å². The summed E-state index contributed by atoms with van der Waals surface area (Å²) in [5.41, 5.74) is 8.01. The molecule has 2 aromatic heterocycles. The lowest BCUT2D eigenvalue weighted by atomic mass is 9.92. The van der Waals surface area contributed by atoms with Crippen molar-refractivity contribution >= 4 is 32.6 Å². The molecule has 9 rings (SSSR count). The second kappa shape index (κ2) is 11.2. The van der Waals surface area contributed by atoms with E-state index in [0.29, 0.717) is 11.5 Å². The van der Waals surface area contributed by atoms with Gasteiger partial charge in [-0.05, 0) is 58.3 Å². The Hall–Kier alpha value is -6.32. The minimum absolute atomic E-state index is 0.0377. The van der Waals surface area contributed by atoms with Crippen LogP contribution in [0, 0.1) is 0 Å². The molecule has 0 aliphatic rings. The van der Waals surface area contributed by atoms with Gasteiger partial charge in [-0.3, -0.25) is 0 Å². The number of para-hydroxylation sites is 2. The van der Waals surface area contributed by atoms with Crippen LogP contribution >= 0.6 is 0 Å². The summed E-state index contributed by atoms with van der Waals surface area (Å²) >= 11 is 0. The monoisotopic (exact) mass is 604 g/mol. The van der Waals surface area contributed by atoms with Gasteiger partial charge in [-0.2, -0.15) is 0 Å².